The molecule has 2 rings (SSSR count). The first-order chi connectivity index (χ1) is 9.15. The summed E-state index contributed by atoms with van der Waals surface area (Å²) in [4.78, 5) is 10.3. The van der Waals surface area contributed by atoms with Gasteiger partial charge in [0.1, 0.15) is 0 Å². The molecule has 0 aliphatic rings. The SMILES string of the molecule is COC(=O)C(C)C.c1ccc(-c2ccccc2)cc1. The third kappa shape index (κ3) is 5.38. The maximum absolute atomic E-state index is 10.3. The van der Waals surface area contributed by atoms with E-state index in [9.17, 15) is 4.79 Å². The predicted octanol–water partition coefficient (Wildman–Crippen LogP) is 4.17. The first kappa shape index (κ1) is 15.0. The highest BCUT2D eigenvalue weighted by Gasteiger charge is 2.03. The number of methoxy groups -OCH3 is 1. The van der Waals surface area contributed by atoms with Gasteiger partial charge >= 0.3 is 5.97 Å². The van der Waals surface area contributed by atoms with Crippen LogP contribution >= 0.6 is 0 Å². The van der Waals surface area contributed by atoms with E-state index in [1.807, 2.05) is 12.1 Å². The summed E-state index contributed by atoms with van der Waals surface area (Å²) in [7, 11) is 1.39. The van der Waals surface area contributed by atoms with Crippen LogP contribution in [0.3, 0.4) is 0 Å². The number of hydrogen-bond acceptors (Lipinski definition) is 2. The van der Waals surface area contributed by atoms with E-state index >= 15 is 0 Å². The van der Waals surface area contributed by atoms with Gasteiger partial charge in [0.2, 0.25) is 0 Å². The van der Waals surface area contributed by atoms with Crippen LogP contribution in [0.1, 0.15) is 13.8 Å². The van der Waals surface area contributed by atoms with Crippen LogP contribution in [-0.4, -0.2) is 13.1 Å². The summed E-state index contributed by atoms with van der Waals surface area (Å²) in [5, 5.41) is 0. The van der Waals surface area contributed by atoms with Crippen molar-refractivity contribution in [2.24, 2.45) is 5.92 Å². The minimum Gasteiger partial charge on any atom is -0.469 e. The molecule has 0 aliphatic heterocycles. The van der Waals surface area contributed by atoms with Gasteiger partial charge in [0, 0.05) is 0 Å². The highest BCUT2D eigenvalue weighted by atomic mass is 16.5. The van der Waals surface area contributed by atoms with Crippen molar-refractivity contribution in [1.29, 1.82) is 0 Å². The summed E-state index contributed by atoms with van der Waals surface area (Å²) >= 11 is 0. The minimum absolute atomic E-state index is 0.00463. The molecular formula is C17H20O2. The zero-order chi connectivity index (χ0) is 14.1. The van der Waals surface area contributed by atoms with Crippen LogP contribution in [-0.2, 0) is 9.53 Å². The fourth-order valence-electron chi connectivity index (χ4n) is 1.50. The third-order valence-electron chi connectivity index (χ3n) is 2.55. The topological polar surface area (TPSA) is 26.3 Å². The van der Waals surface area contributed by atoms with E-state index in [1.165, 1.54) is 18.2 Å². The van der Waals surface area contributed by atoms with Gasteiger partial charge in [-0.3, -0.25) is 4.79 Å². The van der Waals surface area contributed by atoms with Crippen molar-refractivity contribution in [2.75, 3.05) is 7.11 Å². The highest BCUT2D eigenvalue weighted by Crippen LogP contribution is 2.17. The molecule has 2 aromatic carbocycles. The molecule has 0 bridgehead atoms. The average molecular weight is 256 g/mol. The molecule has 0 spiro atoms. The number of carbonyl (C=O) groups is 1. The second-order valence-corrected chi connectivity index (χ2v) is 4.41. The van der Waals surface area contributed by atoms with Crippen LogP contribution in [0, 0.1) is 5.92 Å². The smallest absolute Gasteiger partial charge is 0.308 e. The Kier molecular flexibility index (Phi) is 6.37. The zero-order valence-corrected chi connectivity index (χ0v) is 11.7. The minimum atomic E-state index is -0.153. The Morgan fingerprint density at radius 1 is 0.842 bits per heavy atom. The fourth-order valence-corrected chi connectivity index (χ4v) is 1.50. The van der Waals surface area contributed by atoms with Crippen LogP contribution in [0.15, 0.2) is 60.7 Å². The molecule has 0 saturated carbocycles. The number of esters is 1. The monoisotopic (exact) mass is 256 g/mol. The first-order valence-corrected chi connectivity index (χ1v) is 6.33. The Hall–Kier alpha value is -2.09. The summed E-state index contributed by atoms with van der Waals surface area (Å²) < 4.78 is 4.37. The number of benzene rings is 2. The number of hydrogen-bond donors (Lipinski definition) is 0. The summed E-state index contributed by atoms with van der Waals surface area (Å²) in [6, 6.07) is 20.8. The van der Waals surface area contributed by atoms with Crippen molar-refractivity contribution in [1.82, 2.24) is 0 Å². The van der Waals surface area contributed by atoms with Crippen LogP contribution in [0.2, 0.25) is 0 Å². The predicted molar refractivity (Wildman–Crippen MR) is 78.7 cm³/mol. The maximum atomic E-state index is 10.3. The second kappa shape index (κ2) is 8.09. The molecule has 0 fully saturated rings. The molecule has 2 heteroatoms. The fraction of sp³-hybridized carbons (Fsp3) is 0.235. The Morgan fingerprint density at radius 2 is 1.21 bits per heavy atom. The van der Waals surface area contributed by atoms with Crippen molar-refractivity contribution in [3.8, 4) is 11.1 Å². The van der Waals surface area contributed by atoms with Crippen molar-refractivity contribution < 1.29 is 9.53 Å². The van der Waals surface area contributed by atoms with Gasteiger partial charge in [-0.1, -0.05) is 74.5 Å². The Balaban J connectivity index is 0.000000224. The summed E-state index contributed by atoms with van der Waals surface area (Å²) in [6.45, 7) is 3.59. The molecule has 19 heavy (non-hydrogen) atoms. The van der Waals surface area contributed by atoms with Crippen LogP contribution in [0.5, 0.6) is 0 Å². The first-order valence-electron chi connectivity index (χ1n) is 6.33. The van der Waals surface area contributed by atoms with Gasteiger partial charge in [-0.2, -0.15) is 0 Å². The van der Waals surface area contributed by atoms with Gasteiger partial charge in [-0.15, -0.1) is 0 Å². The van der Waals surface area contributed by atoms with E-state index in [0.29, 0.717) is 0 Å². The molecule has 100 valence electrons. The summed E-state index contributed by atoms with van der Waals surface area (Å²) in [6.07, 6.45) is 0. The van der Waals surface area contributed by atoms with Crippen molar-refractivity contribution >= 4 is 5.97 Å². The second-order valence-electron chi connectivity index (χ2n) is 4.41. The molecular weight excluding hydrogens is 236 g/mol. The quantitative estimate of drug-likeness (QED) is 0.754. The molecule has 0 aromatic heterocycles. The maximum Gasteiger partial charge on any atom is 0.308 e. The van der Waals surface area contributed by atoms with Gasteiger partial charge in [-0.25, -0.2) is 0 Å². The lowest BCUT2D eigenvalue weighted by molar-refractivity contribution is -0.144. The van der Waals surface area contributed by atoms with E-state index in [4.69, 9.17) is 0 Å². The van der Waals surface area contributed by atoms with E-state index < -0.39 is 0 Å². The Morgan fingerprint density at radius 3 is 1.42 bits per heavy atom. The molecule has 0 saturated heterocycles. The molecule has 2 nitrogen and oxygen atoms in total. The molecule has 0 aliphatic carbocycles. The van der Waals surface area contributed by atoms with Crippen molar-refractivity contribution in [3.63, 3.8) is 0 Å². The number of carbonyl (C=O) groups excluding carboxylic acids is 1. The molecule has 0 unspecified atom stereocenters. The van der Waals surface area contributed by atoms with Crippen LogP contribution < -0.4 is 0 Å². The lowest BCUT2D eigenvalue weighted by Crippen LogP contribution is -2.07. The normalized spacial score (nSPS) is 9.47. The van der Waals surface area contributed by atoms with Gasteiger partial charge in [0.25, 0.3) is 0 Å². The number of ether oxygens (including phenoxy) is 1. The summed E-state index contributed by atoms with van der Waals surface area (Å²) in [5.74, 6) is -0.148. The van der Waals surface area contributed by atoms with E-state index in [2.05, 4.69) is 53.3 Å². The van der Waals surface area contributed by atoms with Gasteiger partial charge in [0.15, 0.2) is 0 Å². The lowest BCUT2D eigenvalue weighted by atomic mass is 10.1. The Labute approximate surface area is 115 Å². The molecule has 0 N–H and O–H groups in total. The van der Waals surface area contributed by atoms with Gasteiger partial charge < -0.3 is 4.74 Å². The highest BCUT2D eigenvalue weighted by molar-refractivity contribution is 5.71. The van der Waals surface area contributed by atoms with Gasteiger partial charge in [0.05, 0.1) is 13.0 Å². The van der Waals surface area contributed by atoms with Crippen LogP contribution in [0.4, 0.5) is 0 Å². The van der Waals surface area contributed by atoms with E-state index in [1.54, 1.807) is 13.8 Å². The van der Waals surface area contributed by atoms with Crippen molar-refractivity contribution in [2.45, 2.75) is 13.8 Å². The largest absolute Gasteiger partial charge is 0.469 e. The molecule has 2 aromatic rings. The Bertz CT molecular complexity index is 438. The molecule has 0 heterocycles. The van der Waals surface area contributed by atoms with Crippen LogP contribution in [0.25, 0.3) is 11.1 Å². The summed E-state index contributed by atoms with van der Waals surface area (Å²) in [5.41, 5.74) is 2.55. The standard InChI is InChI=1S/C12H10.C5H10O2/c1-3-7-11(8-4-1)12-9-5-2-6-10-12;1-4(2)5(6)7-3/h1-10H;4H,1-3H3. The molecule has 0 atom stereocenters. The number of rotatable bonds is 2. The van der Waals surface area contributed by atoms with Gasteiger partial charge in [-0.05, 0) is 11.1 Å². The molecule has 0 radical (unpaired) electrons. The van der Waals surface area contributed by atoms with E-state index in [0.717, 1.165) is 0 Å². The zero-order valence-electron chi connectivity index (χ0n) is 11.7. The lowest BCUT2D eigenvalue weighted by Gasteiger charge is -1.98. The average Bonchev–Trinajstić information content (AvgIpc) is 2.49. The van der Waals surface area contributed by atoms with Crippen molar-refractivity contribution in [3.05, 3.63) is 60.7 Å². The third-order valence-corrected chi connectivity index (χ3v) is 2.55. The van der Waals surface area contributed by atoms with E-state index in [-0.39, 0.29) is 11.9 Å². The molecule has 0 amide bonds.